The van der Waals surface area contributed by atoms with Gasteiger partial charge in [-0.2, -0.15) is 0 Å². The Balaban J connectivity index is -0.000000605. The number of aldehydes is 1. The predicted molar refractivity (Wildman–Crippen MR) is 37.2 cm³/mol. The molecule has 0 heterocycles. The second kappa shape index (κ2) is 10.0. The van der Waals surface area contributed by atoms with E-state index in [1.165, 1.54) is 0 Å². The van der Waals surface area contributed by atoms with Crippen molar-refractivity contribution in [1.29, 1.82) is 0 Å². The van der Waals surface area contributed by atoms with Gasteiger partial charge in [0.05, 0.1) is 6.61 Å². The van der Waals surface area contributed by atoms with Crippen molar-refractivity contribution in [3.63, 3.8) is 0 Å². The van der Waals surface area contributed by atoms with Gasteiger partial charge in [0.15, 0.2) is 6.29 Å². The Morgan fingerprint density at radius 1 is 1.07 bits per heavy atom. The summed E-state index contributed by atoms with van der Waals surface area (Å²) in [6.07, 6.45) is -6.84. The Hall–Kier alpha value is 0.509. The summed E-state index contributed by atoms with van der Waals surface area (Å²) >= 11 is 0. The van der Waals surface area contributed by atoms with Gasteiger partial charge in [-0.3, -0.25) is 0 Å². The van der Waals surface area contributed by atoms with E-state index < -0.39 is 31.0 Å². The van der Waals surface area contributed by atoms with Crippen molar-refractivity contribution in [2.75, 3.05) is 6.61 Å². The van der Waals surface area contributed by atoms with Gasteiger partial charge >= 0.3 is 0 Å². The van der Waals surface area contributed by atoms with E-state index in [2.05, 4.69) is 0 Å². The minimum atomic E-state index is -1.79. The van der Waals surface area contributed by atoms with Crippen LogP contribution in [0.1, 0.15) is 0 Å². The molecule has 0 aliphatic carbocycles. The fourth-order valence-electron chi connectivity index (χ4n) is 0.618. The van der Waals surface area contributed by atoms with Crippen LogP contribution in [0.25, 0.3) is 0 Å². The predicted octanol–water partition coefficient (Wildman–Crippen LogP) is -3.38. The maximum absolute atomic E-state index is 9.90. The first-order valence-electron chi connectivity index (χ1n) is 3.33. The van der Waals surface area contributed by atoms with E-state index in [1.807, 2.05) is 0 Å². The van der Waals surface area contributed by atoms with Crippen LogP contribution in [0.5, 0.6) is 0 Å². The van der Waals surface area contributed by atoms with Crippen molar-refractivity contribution in [3.8, 4) is 0 Å². The first-order chi connectivity index (χ1) is 5.54. The number of aliphatic hydroxyl groups is 5. The number of rotatable bonds is 5. The quantitative estimate of drug-likeness (QED) is 0.267. The van der Waals surface area contributed by atoms with Crippen LogP contribution >= 0.6 is 0 Å². The molecule has 2 radical (unpaired) electrons. The largest absolute Gasteiger partial charge is 0.394 e. The maximum Gasteiger partial charge on any atom is 0.151 e. The van der Waals surface area contributed by atoms with Gasteiger partial charge in [0.25, 0.3) is 0 Å². The van der Waals surface area contributed by atoms with Gasteiger partial charge in [-0.25, -0.2) is 0 Å². The Kier molecular flexibility index (Phi) is 14.3. The second-order valence-electron chi connectivity index (χ2n) is 2.36. The van der Waals surface area contributed by atoms with E-state index in [0.717, 1.165) is 0 Å². The first kappa shape index (κ1) is 20.0. The first-order valence-corrected chi connectivity index (χ1v) is 3.33. The molecule has 4 atom stereocenters. The maximum atomic E-state index is 9.90. The molecule has 90 valence electrons. The fourth-order valence-corrected chi connectivity index (χ4v) is 0.618. The summed E-state index contributed by atoms with van der Waals surface area (Å²) in [5, 5.41) is 43.5. The van der Waals surface area contributed by atoms with Crippen molar-refractivity contribution in [3.05, 3.63) is 0 Å². The molecule has 14 heavy (non-hydrogen) atoms. The van der Waals surface area contributed by atoms with Gasteiger partial charge < -0.3 is 30.3 Å². The number of hydrogen-bond acceptors (Lipinski definition) is 6. The molecular formula is C6H12CuMnO6. The van der Waals surface area contributed by atoms with Crippen LogP contribution in [0.2, 0.25) is 0 Å². The van der Waals surface area contributed by atoms with E-state index in [9.17, 15) is 4.79 Å². The van der Waals surface area contributed by atoms with Crippen molar-refractivity contribution < 1.29 is 64.5 Å². The zero-order valence-corrected chi connectivity index (χ0v) is 9.04. The molecule has 0 unspecified atom stereocenters. The molecule has 0 aliphatic rings. The van der Waals surface area contributed by atoms with Crippen molar-refractivity contribution >= 4 is 6.29 Å². The zero-order chi connectivity index (χ0) is 9.72. The van der Waals surface area contributed by atoms with Crippen LogP contribution in [-0.2, 0) is 38.9 Å². The third kappa shape index (κ3) is 6.08. The number of carbonyl (C=O) groups excluding carboxylic acids is 1. The average Bonchev–Trinajstić information content (AvgIpc) is 2.12. The van der Waals surface area contributed by atoms with E-state index in [4.69, 9.17) is 25.5 Å². The fraction of sp³-hybridized carbons (Fsp3) is 0.833. The summed E-state index contributed by atoms with van der Waals surface area (Å²) < 4.78 is 0. The number of aliphatic hydroxyl groups excluding tert-OH is 5. The van der Waals surface area contributed by atoms with Crippen LogP contribution in [0.3, 0.4) is 0 Å². The van der Waals surface area contributed by atoms with Gasteiger partial charge in [0, 0.05) is 34.1 Å². The molecular weight excluding hydrogens is 287 g/mol. The van der Waals surface area contributed by atoms with Gasteiger partial charge in [-0.15, -0.1) is 0 Å². The third-order valence-electron chi connectivity index (χ3n) is 1.42. The Labute approximate surface area is 102 Å². The molecule has 0 aromatic carbocycles. The molecule has 0 aliphatic heterocycles. The van der Waals surface area contributed by atoms with E-state index in [1.54, 1.807) is 0 Å². The molecule has 0 aromatic rings. The molecule has 0 rings (SSSR count). The SMILES string of the molecule is O=C[C@@H](O)[C@@H](O)[C@H](O)[C@H](O)CO.[Cu].[Mn]. The molecule has 0 fully saturated rings. The zero-order valence-electron chi connectivity index (χ0n) is 6.92. The monoisotopic (exact) mass is 298 g/mol. The minimum absolute atomic E-state index is 0. The molecule has 8 heteroatoms. The van der Waals surface area contributed by atoms with Gasteiger partial charge in [-0.05, 0) is 0 Å². The molecule has 5 N–H and O–H groups in total. The standard InChI is InChI=1S/C6H12O6.Cu.Mn/c7-1-3(9)5(11)6(12)4(10)2-8;;/h1,3-6,8-12H,2H2;;/t3-,4-,5-,6-;;/m1../s1. The summed E-state index contributed by atoms with van der Waals surface area (Å²) in [6.45, 7) is -0.760. The number of carbonyl (C=O) groups is 1. The molecule has 0 aromatic heterocycles. The van der Waals surface area contributed by atoms with Crippen molar-refractivity contribution in [1.82, 2.24) is 0 Å². The Bertz CT molecular complexity index is 148. The summed E-state index contributed by atoms with van der Waals surface area (Å²) in [7, 11) is 0. The Morgan fingerprint density at radius 2 is 1.50 bits per heavy atom. The molecule has 6 nitrogen and oxygen atoms in total. The minimum Gasteiger partial charge on any atom is -0.394 e. The summed E-state index contributed by atoms with van der Waals surface area (Å²) in [5.74, 6) is 0. The molecule has 0 bridgehead atoms. The van der Waals surface area contributed by atoms with Crippen molar-refractivity contribution in [2.45, 2.75) is 24.4 Å². The summed E-state index contributed by atoms with van der Waals surface area (Å²) in [6, 6.07) is 0. The molecule has 0 saturated heterocycles. The van der Waals surface area contributed by atoms with Crippen LogP contribution < -0.4 is 0 Å². The summed E-state index contributed by atoms with van der Waals surface area (Å²) in [4.78, 5) is 9.90. The summed E-state index contributed by atoms with van der Waals surface area (Å²) in [5.41, 5.74) is 0. The van der Waals surface area contributed by atoms with Gasteiger partial charge in [0.2, 0.25) is 0 Å². The normalized spacial score (nSPS) is 18.1. The van der Waals surface area contributed by atoms with Gasteiger partial charge in [-0.1, -0.05) is 0 Å². The van der Waals surface area contributed by atoms with Gasteiger partial charge in [0.1, 0.15) is 24.4 Å². The number of hydrogen-bond donors (Lipinski definition) is 5. The van der Waals surface area contributed by atoms with Crippen LogP contribution in [0.4, 0.5) is 0 Å². The molecule has 0 spiro atoms. The van der Waals surface area contributed by atoms with E-state index in [-0.39, 0.29) is 40.4 Å². The molecule has 0 amide bonds. The smallest absolute Gasteiger partial charge is 0.151 e. The second-order valence-corrected chi connectivity index (χ2v) is 2.36. The Morgan fingerprint density at radius 3 is 1.79 bits per heavy atom. The van der Waals surface area contributed by atoms with Crippen LogP contribution in [0, 0.1) is 0 Å². The third-order valence-corrected chi connectivity index (χ3v) is 1.42. The van der Waals surface area contributed by atoms with Crippen LogP contribution in [0.15, 0.2) is 0 Å². The van der Waals surface area contributed by atoms with E-state index >= 15 is 0 Å². The van der Waals surface area contributed by atoms with Crippen LogP contribution in [-0.4, -0.2) is 62.8 Å². The molecule has 0 saturated carbocycles. The van der Waals surface area contributed by atoms with E-state index in [0.29, 0.717) is 0 Å². The topological polar surface area (TPSA) is 118 Å². The van der Waals surface area contributed by atoms with Crippen molar-refractivity contribution in [2.24, 2.45) is 0 Å². The average molecular weight is 299 g/mol.